The third-order valence-electron chi connectivity index (χ3n) is 5.14. The van der Waals surface area contributed by atoms with Crippen molar-refractivity contribution >= 4 is 41.3 Å². The van der Waals surface area contributed by atoms with Gasteiger partial charge in [-0.3, -0.25) is 4.99 Å². The standard InChI is InChI=1S/C22H32N4O3S.HI/c1-7-23-21(26(5)11-17-12-30-20(25-17)15(2)27-6)24-13-22(3,4)16-8-9-18-19(10-16)29-14-28-18;/h8-10,12,15H,7,11,13-14H2,1-6H3,(H,23,24);1H. The van der Waals surface area contributed by atoms with E-state index < -0.39 is 0 Å². The number of aromatic nitrogens is 1. The van der Waals surface area contributed by atoms with E-state index in [9.17, 15) is 0 Å². The molecule has 0 aliphatic carbocycles. The zero-order valence-corrected chi connectivity index (χ0v) is 22.2. The van der Waals surface area contributed by atoms with E-state index in [4.69, 9.17) is 24.2 Å². The molecule has 0 radical (unpaired) electrons. The molecule has 0 fully saturated rings. The Morgan fingerprint density at radius 3 is 2.81 bits per heavy atom. The summed E-state index contributed by atoms with van der Waals surface area (Å²) in [5.41, 5.74) is 2.04. The molecular formula is C22H33IN4O3S. The second kappa shape index (κ2) is 11.3. The third-order valence-corrected chi connectivity index (χ3v) is 6.20. The van der Waals surface area contributed by atoms with Gasteiger partial charge in [0.15, 0.2) is 17.5 Å². The Bertz CT molecular complexity index is 887. The average Bonchev–Trinajstić information content (AvgIpc) is 3.39. The molecule has 172 valence electrons. The minimum absolute atomic E-state index is 0. The lowest BCUT2D eigenvalue weighted by Crippen LogP contribution is -2.39. The normalized spacial score (nSPS) is 14.2. The highest BCUT2D eigenvalue weighted by molar-refractivity contribution is 14.0. The molecule has 3 rings (SSSR count). The number of nitrogens with one attached hydrogen (secondary N) is 1. The van der Waals surface area contributed by atoms with E-state index in [0.717, 1.165) is 34.7 Å². The Kier molecular flexibility index (Phi) is 9.38. The summed E-state index contributed by atoms with van der Waals surface area (Å²) in [6.07, 6.45) is 0.0125. The van der Waals surface area contributed by atoms with E-state index in [1.807, 2.05) is 20.0 Å². The van der Waals surface area contributed by atoms with Gasteiger partial charge in [-0.15, -0.1) is 35.3 Å². The highest BCUT2D eigenvalue weighted by atomic mass is 127. The van der Waals surface area contributed by atoms with Crippen LogP contribution in [0.4, 0.5) is 0 Å². The molecule has 0 saturated carbocycles. The number of thiazole rings is 1. The fraction of sp³-hybridized carbons (Fsp3) is 0.545. The molecule has 7 nitrogen and oxygen atoms in total. The van der Waals surface area contributed by atoms with Crippen LogP contribution in [0.2, 0.25) is 0 Å². The molecule has 0 bridgehead atoms. The van der Waals surface area contributed by atoms with Crippen molar-refractivity contribution < 1.29 is 14.2 Å². The summed E-state index contributed by atoms with van der Waals surface area (Å²) in [6, 6.07) is 6.12. The minimum atomic E-state index is -0.149. The quantitative estimate of drug-likeness (QED) is 0.290. The first-order valence-corrected chi connectivity index (χ1v) is 11.1. The summed E-state index contributed by atoms with van der Waals surface area (Å²) in [6.45, 7) is 10.9. The Morgan fingerprint density at radius 2 is 2.10 bits per heavy atom. The molecular weight excluding hydrogens is 527 g/mol. The first kappa shape index (κ1) is 25.7. The van der Waals surface area contributed by atoms with Gasteiger partial charge >= 0.3 is 0 Å². The van der Waals surface area contributed by atoms with Crippen molar-refractivity contribution in [3.63, 3.8) is 0 Å². The van der Waals surface area contributed by atoms with Crippen molar-refractivity contribution in [2.24, 2.45) is 4.99 Å². The second-order valence-electron chi connectivity index (χ2n) is 8.03. The molecule has 1 aliphatic heterocycles. The van der Waals surface area contributed by atoms with Gasteiger partial charge in [0.1, 0.15) is 11.1 Å². The van der Waals surface area contributed by atoms with Crippen LogP contribution in [0.15, 0.2) is 28.6 Å². The van der Waals surface area contributed by atoms with Crippen molar-refractivity contribution in [1.82, 2.24) is 15.2 Å². The molecule has 1 aromatic heterocycles. The fourth-order valence-corrected chi connectivity index (χ4v) is 3.99. The predicted octanol–water partition coefficient (Wildman–Crippen LogP) is 4.57. The van der Waals surface area contributed by atoms with Crippen LogP contribution in [0.5, 0.6) is 11.5 Å². The maximum absolute atomic E-state index is 5.54. The van der Waals surface area contributed by atoms with E-state index in [-0.39, 0.29) is 42.3 Å². The van der Waals surface area contributed by atoms with Gasteiger partial charge in [-0.25, -0.2) is 4.98 Å². The smallest absolute Gasteiger partial charge is 0.231 e. The number of methoxy groups -OCH3 is 1. The maximum Gasteiger partial charge on any atom is 0.231 e. The average molecular weight is 561 g/mol. The number of hydrogen-bond donors (Lipinski definition) is 1. The van der Waals surface area contributed by atoms with Crippen molar-refractivity contribution in [3.8, 4) is 11.5 Å². The summed E-state index contributed by atoms with van der Waals surface area (Å²) >= 11 is 1.63. The van der Waals surface area contributed by atoms with Crippen LogP contribution in [0, 0.1) is 0 Å². The number of halogens is 1. The van der Waals surface area contributed by atoms with Gasteiger partial charge < -0.3 is 24.4 Å². The molecule has 9 heteroatoms. The number of fused-ring (bicyclic) bond motifs is 1. The molecule has 0 saturated heterocycles. The summed E-state index contributed by atoms with van der Waals surface area (Å²) in [5.74, 6) is 2.47. The van der Waals surface area contributed by atoms with E-state index >= 15 is 0 Å². The largest absolute Gasteiger partial charge is 0.454 e. The van der Waals surface area contributed by atoms with Crippen LogP contribution in [0.25, 0.3) is 0 Å². The van der Waals surface area contributed by atoms with Gasteiger partial charge in [0.05, 0.1) is 18.8 Å². The van der Waals surface area contributed by atoms with Gasteiger partial charge in [0.2, 0.25) is 6.79 Å². The van der Waals surface area contributed by atoms with Gasteiger partial charge in [-0.2, -0.15) is 0 Å². The second-order valence-corrected chi connectivity index (χ2v) is 8.92. The maximum atomic E-state index is 5.54. The van der Waals surface area contributed by atoms with Crippen molar-refractivity contribution in [2.75, 3.05) is 34.0 Å². The number of hydrogen-bond acceptors (Lipinski definition) is 6. The number of aliphatic imine (C=N–C) groups is 1. The zero-order valence-electron chi connectivity index (χ0n) is 19.1. The number of guanidine groups is 1. The Labute approximate surface area is 206 Å². The monoisotopic (exact) mass is 560 g/mol. The first-order valence-electron chi connectivity index (χ1n) is 10.2. The van der Waals surface area contributed by atoms with Crippen LogP contribution >= 0.6 is 35.3 Å². The number of benzene rings is 1. The lowest BCUT2D eigenvalue weighted by Gasteiger charge is -2.26. The van der Waals surface area contributed by atoms with E-state index in [1.165, 1.54) is 5.56 Å². The summed E-state index contributed by atoms with van der Waals surface area (Å²) in [7, 11) is 3.74. The molecule has 31 heavy (non-hydrogen) atoms. The first-order chi connectivity index (χ1) is 14.3. The molecule has 1 aliphatic rings. The number of ether oxygens (including phenoxy) is 3. The van der Waals surface area contributed by atoms with Crippen molar-refractivity contribution in [3.05, 3.63) is 39.8 Å². The molecule has 1 unspecified atom stereocenters. The molecule has 1 aromatic carbocycles. The summed E-state index contributed by atoms with van der Waals surface area (Å²) < 4.78 is 16.3. The van der Waals surface area contributed by atoms with Gasteiger partial charge in [-0.1, -0.05) is 19.9 Å². The summed E-state index contributed by atoms with van der Waals surface area (Å²) in [5, 5.41) is 6.47. The molecule has 0 amide bonds. The van der Waals surface area contributed by atoms with Crippen LogP contribution in [0.1, 0.15) is 50.1 Å². The predicted molar refractivity (Wildman–Crippen MR) is 136 cm³/mol. The topological polar surface area (TPSA) is 68.2 Å². The van der Waals surface area contributed by atoms with E-state index in [0.29, 0.717) is 13.1 Å². The number of rotatable bonds is 8. The minimum Gasteiger partial charge on any atom is -0.454 e. The highest BCUT2D eigenvalue weighted by Gasteiger charge is 2.24. The lowest BCUT2D eigenvalue weighted by molar-refractivity contribution is 0.119. The Balaban J connectivity index is 0.00000341. The van der Waals surface area contributed by atoms with Crippen LogP contribution in [-0.2, 0) is 16.7 Å². The van der Waals surface area contributed by atoms with Crippen LogP contribution in [0.3, 0.4) is 0 Å². The zero-order chi connectivity index (χ0) is 21.7. The van der Waals surface area contributed by atoms with Gasteiger partial charge in [-0.05, 0) is 31.5 Å². The molecule has 0 spiro atoms. The molecule has 2 heterocycles. The number of nitrogens with zero attached hydrogens (tertiary/aromatic N) is 3. The Hall–Kier alpha value is -1.59. The lowest BCUT2D eigenvalue weighted by atomic mass is 9.84. The van der Waals surface area contributed by atoms with Gasteiger partial charge in [0, 0.05) is 31.5 Å². The van der Waals surface area contributed by atoms with Crippen LogP contribution < -0.4 is 14.8 Å². The van der Waals surface area contributed by atoms with Crippen LogP contribution in [-0.4, -0.2) is 49.9 Å². The fourth-order valence-electron chi connectivity index (χ4n) is 3.15. The molecule has 1 atom stereocenters. The molecule has 2 aromatic rings. The van der Waals surface area contributed by atoms with E-state index in [1.54, 1.807) is 18.4 Å². The SMILES string of the molecule is CCNC(=NCC(C)(C)c1ccc2c(c1)OCO2)N(C)Cc1csc(C(C)OC)n1.I. The highest BCUT2D eigenvalue weighted by Crippen LogP contribution is 2.36. The van der Waals surface area contributed by atoms with Crippen molar-refractivity contribution in [2.45, 2.75) is 45.8 Å². The Morgan fingerprint density at radius 1 is 1.35 bits per heavy atom. The van der Waals surface area contributed by atoms with Gasteiger partial charge in [0.25, 0.3) is 0 Å². The summed E-state index contributed by atoms with van der Waals surface area (Å²) in [4.78, 5) is 11.7. The molecule has 1 N–H and O–H groups in total. The van der Waals surface area contributed by atoms with Crippen molar-refractivity contribution in [1.29, 1.82) is 0 Å². The third kappa shape index (κ3) is 6.45. The van der Waals surface area contributed by atoms with E-state index in [2.05, 4.69) is 48.5 Å².